The SMILES string of the molecule is CC(C)NCC(C)C(C)N1CCCS(=O)(=O)CC1. The molecule has 0 bridgehead atoms. The molecule has 1 saturated heterocycles. The second kappa shape index (κ2) is 6.87. The van der Waals surface area contributed by atoms with Crippen molar-refractivity contribution >= 4 is 9.84 Å². The molecule has 0 saturated carbocycles. The van der Waals surface area contributed by atoms with Crippen LogP contribution >= 0.6 is 0 Å². The van der Waals surface area contributed by atoms with Gasteiger partial charge in [0, 0.05) is 18.6 Å². The Morgan fingerprint density at radius 1 is 1.11 bits per heavy atom. The van der Waals surface area contributed by atoms with Crippen molar-refractivity contribution < 1.29 is 8.42 Å². The van der Waals surface area contributed by atoms with E-state index in [2.05, 4.69) is 37.9 Å². The monoisotopic (exact) mass is 276 g/mol. The highest BCUT2D eigenvalue weighted by Crippen LogP contribution is 2.14. The average Bonchev–Trinajstić information content (AvgIpc) is 2.46. The lowest BCUT2D eigenvalue weighted by atomic mass is 10.0. The Hall–Kier alpha value is -0.130. The summed E-state index contributed by atoms with van der Waals surface area (Å²) in [6.07, 6.45) is 0.775. The molecule has 1 aliphatic rings. The molecule has 0 aliphatic carbocycles. The fourth-order valence-corrected chi connectivity index (χ4v) is 3.60. The fraction of sp³-hybridized carbons (Fsp3) is 1.00. The number of hydrogen-bond donors (Lipinski definition) is 1. The summed E-state index contributed by atoms with van der Waals surface area (Å²) in [5, 5.41) is 3.45. The molecule has 1 heterocycles. The van der Waals surface area contributed by atoms with E-state index in [1.807, 2.05) is 0 Å². The lowest BCUT2D eigenvalue weighted by Crippen LogP contribution is -2.43. The van der Waals surface area contributed by atoms with E-state index in [4.69, 9.17) is 0 Å². The van der Waals surface area contributed by atoms with Crippen LogP contribution in [0.25, 0.3) is 0 Å². The van der Waals surface area contributed by atoms with Crippen molar-refractivity contribution in [3.63, 3.8) is 0 Å². The summed E-state index contributed by atoms with van der Waals surface area (Å²) in [4.78, 5) is 2.33. The molecule has 0 radical (unpaired) electrons. The Morgan fingerprint density at radius 3 is 2.39 bits per heavy atom. The van der Waals surface area contributed by atoms with Crippen molar-refractivity contribution in [1.82, 2.24) is 10.2 Å². The molecule has 2 atom stereocenters. The van der Waals surface area contributed by atoms with Crippen molar-refractivity contribution in [2.24, 2.45) is 5.92 Å². The molecule has 1 aliphatic heterocycles. The molecule has 5 heteroatoms. The quantitative estimate of drug-likeness (QED) is 0.818. The van der Waals surface area contributed by atoms with Gasteiger partial charge in [-0.2, -0.15) is 0 Å². The maximum Gasteiger partial charge on any atom is 0.151 e. The smallest absolute Gasteiger partial charge is 0.151 e. The third-order valence-corrected chi connectivity index (χ3v) is 5.55. The first-order chi connectivity index (χ1) is 8.32. The van der Waals surface area contributed by atoms with Gasteiger partial charge in [-0.1, -0.05) is 20.8 Å². The van der Waals surface area contributed by atoms with Crippen LogP contribution in [0.3, 0.4) is 0 Å². The molecule has 1 rings (SSSR count). The van der Waals surface area contributed by atoms with E-state index in [1.54, 1.807) is 0 Å². The van der Waals surface area contributed by atoms with E-state index in [1.165, 1.54) is 0 Å². The van der Waals surface area contributed by atoms with Crippen molar-refractivity contribution in [3.05, 3.63) is 0 Å². The predicted molar refractivity (Wildman–Crippen MR) is 76.6 cm³/mol. The zero-order valence-corrected chi connectivity index (χ0v) is 13.0. The van der Waals surface area contributed by atoms with Gasteiger partial charge < -0.3 is 5.32 Å². The summed E-state index contributed by atoms with van der Waals surface area (Å²) in [7, 11) is -2.79. The minimum absolute atomic E-state index is 0.321. The van der Waals surface area contributed by atoms with Gasteiger partial charge in [-0.05, 0) is 32.4 Å². The highest BCUT2D eigenvalue weighted by Gasteiger charge is 2.25. The zero-order valence-electron chi connectivity index (χ0n) is 12.1. The van der Waals surface area contributed by atoms with Crippen LogP contribution in [0.1, 0.15) is 34.1 Å². The summed E-state index contributed by atoms with van der Waals surface area (Å²) in [6.45, 7) is 11.3. The Kier molecular flexibility index (Phi) is 6.08. The fourth-order valence-electron chi connectivity index (χ4n) is 2.32. The molecule has 0 aromatic carbocycles. The Bertz CT molecular complexity index is 341. The topological polar surface area (TPSA) is 49.4 Å². The predicted octanol–water partition coefficient (Wildman–Crippen LogP) is 1.13. The van der Waals surface area contributed by atoms with E-state index in [9.17, 15) is 8.42 Å². The van der Waals surface area contributed by atoms with Gasteiger partial charge in [0.05, 0.1) is 11.5 Å². The van der Waals surface area contributed by atoms with Crippen LogP contribution in [-0.4, -0.2) is 56.5 Å². The third kappa shape index (κ3) is 5.24. The van der Waals surface area contributed by atoms with Crippen molar-refractivity contribution in [3.8, 4) is 0 Å². The standard InChI is InChI=1S/C13H28N2O2S/c1-11(2)14-10-12(3)13(4)15-6-5-8-18(16,17)9-7-15/h11-14H,5-10H2,1-4H3. The maximum absolute atomic E-state index is 11.6. The van der Waals surface area contributed by atoms with Crippen LogP contribution in [0.15, 0.2) is 0 Å². The highest BCUT2D eigenvalue weighted by molar-refractivity contribution is 7.91. The third-order valence-electron chi connectivity index (χ3n) is 3.84. The summed E-state index contributed by atoms with van der Waals surface area (Å²) in [5.41, 5.74) is 0. The Balaban J connectivity index is 2.48. The Morgan fingerprint density at radius 2 is 1.78 bits per heavy atom. The van der Waals surface area contributed by atoms with Crippen molar-refractivity contribution in [1.29, 1.82) is 0 Å². The van der Waals surface area contributed by atoms with Crippen LogP contribution in [0, 0.1) is 5.92 Å². The highest BCUT2D eigenvalue weighted by atomic mass is 32.2. The van der Waals surface area contributed by atoms with Gasteiger partial charge in [-0.3, -0.25) is 4.90 Å². The summed E-state index contributed by atoms with van der Waals surface area (Å²) < 4.78 is 23.2. The Labute approximate surface area is 112 Å². The van der Waals surface area contributed by atoms with Crippen LogP contribution in [0.2, 0.25) is 0 Å². The normalized spacial score (nSPS) is 24.7. The summed E-state index contributed by atoms with van der Waals surface area (Å²) in [6, 6.07) is 0.939. The number of rotatable bonds is 5. The first kappa shape index (κ1) is 15.9. The largest absolute Gasteiger partial charge is 0.314 e. The molecular formula is C13H28N2O2S. The lowest BCUT2D eigenvalue weighted by molar-refractivity contribution is 0.170. The molecule has 4 nitrogen and oxygen atoms in total. The molecule has 1 fully saturated rings. The van der Waals surface area contributed by atoms with Gasteiger partial charge in [0.1, 0.15) is 0 Å². The minimum Gasteiger partial charge on any atom is -0.314 e. The second-order valence-electron chi connectivity index (χ2n) is 5.82. The van der Waals surface area contributed by atoms with Gasteiger partial charge in [-0.25, -0.2) is 8.42 Å². The number of sulfone groups is 1. The van der Waals surface area contributed by atoms with E-state index in [0.717, 1.165) is 19.5 Å². The molecule has 0 spiro atoms. The van der Waals surface area contributed by atoms with Crippen molar-refractivity contribution in [2.75, 3.05) is 31.1 Å². The van der Waals surface area contributed by atoms with Gasteiger partial charge in [0.2, 0.25) is 0 Å². The van der Waals surface area contributed by atoms with Crippen molar-refractivity contribution in [2.45, 2.75) is 46.2 Å². The molecule has 0 aromatic heterocycles. The first-order valence-corrected chi connectivity index (χ1v) is 8.82. The van der Waals surface area contributed by atoms with Crippen LogP contribution in [0.4, 0.5) is 0 Å². The number of nitrogens with zero attached hydrogens (tertiary/aromatic N) is 1. The lowest BCUT2D eigenvalue weighted by Gasteiger charge is -2.32. The average molecular weight is 276 g/mol. The molecule has 0 aromatic rings. The zero-order chi connectivity index (χ0) is 13.8. The summed E-state index contributed by atoms with van der Waals surface area (Å²) >= 11 is 0. The van der Waals surface area contributed by atoms with Crippen LogP contribution < -0.4 is 5.32 Å². The minimum atomic E-state index is -2.79. The van der Waals surface area contributed by atoms with Gasteiger partial charge >= 0.3 is 0 Å². The summed E-state index contributed by atoms with van der Waals surface area (Å²) in [5.74, 6) is 1.21. The first-order valence-electron chi connectivity index (χ1n) is 6.99. The van der Waals surface area contributed by atoms with Gasteiger partial charge in [-0.15, -0.1) is 0 Å². The second-order valence-corrected chi connectivity index (χ2v) is 8.13. The van der Waals surface area contributed by atoms with Gasteiger partial charge in [0.25, 0.3) is 0 Å². The van der Waals surface area contributed by atoms with Gasteiger partial charge in [0.15, 0.2) is 9.84 Å². The molecule has 108 valence electrons. The molecule has 2 unspecified atom stereocenters. The molecule has 1 N–H and O–H groups in total. The molecular weight excluding hydrogens is 248 g/mol. The van der Waals surface area contributed by atoms with E-state index < -0.39 is 9.84 Å². The van der Waals surface area contributed by atoms with E-state index in [-0.39, 0.29) is 0 Å². The number of nitrogens with one attached hydrogen (secondary N) is 1. The molecule has 18 heavy (non-hydrogen) atoms. The maximum atomic E-state index is 11.6. The van der Waals surface area contributed by atoms with E-state index in [0.29, 0.717) is 36.1 Å². The van der Waals surface area contributed by atoms with E-state index >= 15 is 0 Å². The van der Waals surface area contributed by atoms with Crippen LogP contribution in [0.5, 0.6) is 0 Å². The number of hydrogen-bond acceptors (Lipinski definition) is 4. The molecule has 0 amide bonds. The van der Waals surface area contributed by atoms with Crippen LogP contribution in [-0.2, 0) is 9.84 Å².